The van der Waals surface area contributed by atoms with Gasteiger partial charge in [0.15, 0.2) is 6.10 Å². The van der Waals surface area contributed by atoms with E-state index >= 15 is 0 Å². The molecule has 0 radical (unpaired) electrons. The summed E-state index contributed by atoms with van der Waals surface area (Å²) in [5, 5.41) is 0. The number of allylic oxidation sites excluding steroid dienone is 32. The van der Waals surface area contributed by atoms with Crippen LogP contribution in [-0.4, -0.2) is 37.2 Å². The van der Waals surface area contributed by atoms with Crippen LogP contribution in [-0.2, 0) is 28.6 Å². The first-order valence-electron chi connectivity index (χ1n) is 32.9. The molecule has 0 aliphatic carbocycles. The van der Waals surface area contributed by atoms with Crippen molar-refractivity contribution in [3.05, 3.63) is 194 Å². The lowest BCUT2D eigenvalue weighted by Crippen LogP contribution is -2.30. The van der Waals surface area contributed by atoms with Gasteiger partial charge in [-0.2, -0.15) is 0 Å². The van der Waals surface area contributed by atoms with Crippen LogP contribution >= 0.6 is 0 Å². The maximum Gasteiger partial charge on any atom is 0.306 e. The quantitative estimate of drug-likeness (QED) is 0.0261. The van der Waals surface area contributed by atoms with Crippen molar-refractivity contribution in [3.8, 4) is 0 Å². The fourth-order valence-corrected chi connectivity index (χ4v) is 8.26. The number of hydrogen-bond acceptors (Lipinski definition) is 6. The van der Waals surface area contributed by atoms with E-state index in [0.717, 1.165) is 199 Å². The molecule has 1 unspecified atom stereocenters. The summed E-state index contributed by atoms with van der Waals surface area (Å²) in [6, 6.07) is 0. The van der Waals surface area contributed by atoms with Crippen LogP contribution in [0.25, 0.3) is 0 Å². The highest BCUT2D eigenvalue weighted by Gasteiger charge is 2.19. The second-order valence-electron chi connectivity index (χ2n) is 20.9. The highest BCUT2D eigenvalue weighted by molar-refractivity contribution is 5.71. The van der Waals surface area contributed by atoms with Gasteiger partial charge in [-0.3, -0.25) is 14.4 Å². The number of carbonyl (C=O) groups is 3. The fourth-order valence-electron chi connectivity index (χ4n) is 8.26. The summed E-state index contributed by atoms with van der Waals surface area (Å²) in [7, 11) is 0. The van der Waals surface area contributed by atoms with Crippen LogP contribution in [0, 0.1) is 0 Å². The van der Waals surface area contributed by atoms with Crippen molar-refractivity contribution in [1.82, 2.24) is 0 Å². The second kappa shape index (κ2) is 68.7. The Kier molecular flexibility index (Phi) is 64.0. The van der Waals surface area contributed by atoms with Gasteiger partial charge in [-0.1, -0.05) is 267 Å². The van der Waals surface area contributed by atoms with E-state index in [4.69, 9.17) is 14.2 Å². The molecule has 0 saturated carbocycles. The first-order valence-corrected chi connectivity index (χ1v) is 32.9. The highest BCUT2D eigenvalue weighted by Crippen LogP contribution is 2.13. The first kappa shape index (κ1) is 77.2. The van der Waals surface area contributed by atoms with Crippen LogP contribution in [0.15, 0.2) is 194 Å². The van der Waals surface area contributed by atoms with Gasteiger partial charge in [0.05, 0.1) is 0 Å². The minimum absolute atomic E-state index is 0.114. The van der Waals surface area contributed by atoms with E-state index in [-0.39, 0.29) is 37.5 Å². The zero-order chi connectivity index (χ0) is 59.9. The number of hydrogen-bond donors (Lipinski definition) is 0. The third-order valence-electron chi connectivity index (χ3n) is 13.1. The van der Waals surface area contributed by atoms with Gasteiger partial charge in [-0.05, 0) is 161 Å². The number of unbranched alkanes of at least 4 members (excludes halogenated alkanes) is 14. The lowest BCUT2D eigenvalue weighted by molar-refractivity contribution is -0.167. The van der Waals surface area contributed by atoms with E-state index in [1.165, 1.54) is 12.8 Å². The smallest absolute Gasteiger partial charge is 0.306 e. The zero-order valence-electron chi connectivity index (χ0n) is 52.9. The van der Waals surface area contributed by atoms with Crippen molar-refractivity contribution in [3.63, 3.8) is 0 Å². The molecular formula is C77H118O6. The molecule has 0 bridgehead atoms. The van der Waals surface area contributed by atoms with Gasteiger partial charge >= 0.3 is 17.9 Å². The van der Waals surface area contributed by atoms with Crippen LogP contribution in [0.3, 0.4) is 0 Å². The molecule has 83 heavy (non-hydrogen) atoms. The van der Waals surface area contributed by atoms with Crippen molar-refractivity contribution in [1.29, 1.82) is 0 Å². The molecule has 462 valence electrons. The minimum Gasteiger partial charge on any atom is -0.462 e. The maximum absolute atomic E-state index is 12.9. The molecule has 0 heterocycles. The third-order valence-corrected chi connectivity index (χ3v) is 13.1. The van der Waals surface area contributed by atoms with E-state index in [2.05, 4.69) is 215 Å². The van der Waals surface area contributed by atoms with Gasteiger partial charge in [0.1, 0.15) is 13.2 Å². The third kappa shape index (κ3) is 66.9. The Morgan fingerprint density at radius 1 is 0.241 bits per heavy atom. The summed E-state index contributed by atoms with van der Waals surface area (Å²) in [4.78, 5) is 38.4. The minimum atomic E-state index is -0.821. The summed E-state index contributed by atoms with van der Waals surface area (Å²) < 4.78 is 16.9. The van der Waals surface area contributed by atoms with Crippen molar-refractivity contribution in [2.75, 3.05) is 13.2 Å². The van der Waals surface area contributed by atoms with E-state index in [0.29, 0.717) is 12.8 Å². The van der Waals surface area contributed by atoms with Gasteiger partial charge in [0, 0.05) is 19.3 Å². The number of carbonyl (C=O) groups excluding carboxylic acids is 3. The standard InChI is InChI=1S/C77H118O6/c1-4-7-10-13-16-19-22-25-28-31-32-33-34-35-36-37-38-39-40-41-42-43-44-47-49-52-55-58-61-64-67-70-76(79)82-73-74(83-77(80)71-68-65-62-59-56-53-50-46-30-27-24-21-18-15-12-9-6-3)72-81-75(78)69-66-63-60-57-54-51-48-45-29-26-23-20-17-14-11-8-5-2/h7-12,16-21,25-30,32-33,35-36,38-39,41-42,44,47-48,50-51,53,74H,4-6,13-15,22-24,31,34,37,40,43,45-46,49,52,54-73H2,1-3H3/b10-7-,11-8-,12-9-,19-16-,20-17-,21-18-,28-25-,29-26-,30-27-,33-32-,36-35-,39-38-,42-41-,47-44-,51-48-,53-50-. The fraction of sp³-hybridized carbons (Fsp3) is 0.545. The van der Waals surface area contributed by atoms with Crippen LogP contribution in [0.4, 0.5) is 0 Å². The predicted octanol–water partition coefficient (Wildman–Crippen LogP) is 23.0. The Morgan fingerprint density at radius 3 is 0.675 bits per heavy atom. The lowest BCUT2D eigenvalue weighted by atomic mass is 10.1. The van der Waals surface area contributed by atoms with Gasteiger partial charge in [-0.25, -0.2) is 0 Å². The van der Waals surface area contributed by atoms with Crippen molar-refractivity contribution < 1.29 is 28.6 Å². The normalized spacial score (nSPS) is 13.4. The average Bonchev–Trinajstić information content (AvgIpc) is 3.49. The van der Waals surface area contributed by atoms with Crippen molar-refractivity contribution in [2.24, 2.45) is 0 Å². The monoisotopic (exact) mass is 1140 g/mol. The molecule has 0 rings (SSSR count). The molecule has 0 aromatic heterocycles. The Labute approximate surface area is 509 Å². The SMILES string of the molecule is CC/C=C\C/C=C\C/C=C\C/C=C\C/C=C\C/C=C\C/C=C\C/C=C\CCCCCCCCC(=O)OCC(COC(=O)CCCCCC/C=C\C/C=C\C/C=C\C/C=C\CC)OC(=O)CCCCCC/C=C\C/C=C\C/C=C\C/C=C\CC. The number of ether oxygens (including phenoxy) is 3. The topological polar surface area (TPSA) is 78.9 Å². The van der Waals surface area contributed by atoms with Gasteiger partial charge in [0.2, 0.25) is 0 Å². The average molecular weight is 1140 g/mol. The Morgan fingerprint density at radius 2 is 0.434 bits per heavy atom. The van der Waals surface area contributed by atoms with Crippen LogP contribution in [0.5, 0.6) is 0 Å². The number of rotatable bonds is 57. The summed E-state index contributed by atoms with van der Waals surface area (Å²) in [6.45, 7) is 6.23. The summed E-state index contributed by atoms with van der Waals surface area (Å²) >= 11 is 0. The van der Waals surface area contributed by atoms with Gasteiger partial charge in [0.25, 0.3) is 0 Å². The number of esters is 3. The van der Waals surface area contributed by atoms with E-state index in [1.54, 1.807) is 0 Å². The first-order chi connectivity index (χ1) is 41.0. The molecule has 0 amide bonds. The van der Waals surface area contributed by atoms with Crippen molar-refractivity contribution in [2.45, 2.75) is 258 Å². The van der Waals surface area contributed by atoms with Gasteiger partial charge < -0.3 is 14.2 Å². The van der Waals surface area contributed by atoms with Crippen LogP contribution < -0.4 is 0 Å². The Bertz CT molecular complexity index is 1990. The van der Waals surface area contributed by atoms with E-state index in [1.807, 2.05) is 0 Å². The summed E-state index contributed by atoms with van der Waals surface area (Å²) in [6.07, 6.45) is 104. The second-order valence-corrected chi connectivity index (χ2v) is 20.9. The van der Waals surface area contributed by atoms with Crippen molar-refractivity contribution >= 4 is 17.9 Å². The molecule has 0 saturated heterocycles. The lowest BCUT2D eigenvalue weighted by Gasteiger charge is -2.18. The van der Waals surface area contributed by atoms with E-state index < -0.39 is 6.10 Å². The molecular weight excluding hydrogens is 1020 g/mol. The van der Waals surface area contributed by atoms with Crippen LogP contribution in [0.1, 0.15) is 252 Å². The molecule has 0 aromatic rings. The molecule has 0 aliphatic rings. The molecule has 0 spiro atoms. The summed E-state index contributed by atoms with van der Waals surface area (Å²) in [5.74, 6) is -0.983. The highest BCUT2D eigenvalue weighted by atomic mass is 16.6. The van der Waals surface area contributed by atoms with Gasteiger partial charge in [-0.15, -0.1) is 0 Å². The largest absolute Gasteiger partial charge is 0.462 e. The van der Waals surface area contributed by atoms with E-state index in [9.17, 15) is 14.4 Å². The Hall–Kier alpha value is -5.75. The molecule has 1 atom stereocenters. The summed E-state index contributed by atoms with van der Waals surface area (Å²) in [5.41, 5.74) is 0. The molecule has 0 aromatic carbocycles. The Balaban J connectivity index is 4.46. The molecule has 6 heteroatoms. The zero-order valence-corrected chi connectivity index (χ0v) is 52.9. The predicted molar refractivity (Wildman–Crippen MR) is 361 cm³/mol. The molecule has 6 nitrogen and oxygen atoms in total. The van der Waals surface area contributed by atoms with Crippen LogP contribution in [0.2, 0.25) is 0 Å². The maximum atomic E-state index is 12.9. The molecule has 0 N–H and O–H groups in total. The molecule has 0 fully saturated rings. The molecule has 0 aliphatic heterocycles.